The van der Waals surface area contributed by atoms with Crippen LogP contribution in [0.15, 0.2) is 55.0 Å². The first-order valence-electron chi connectivity index (χ1n) is 14.0. The van der Waals surface area contributed by atoms with Crippen molar-refractivity contribution in [3.05, 3.63) is 55.0 Å². The number of rotatable bonds is 16. The van der Waals surface area contributed by atoms with E-state index in [-0.39, 0.29) is 12.5 Å². The van der Waals surface area contributed by atoms with Crippen LogP contribution in [-0.2, 0) is 21.3 Å². The van der Waals surface area contributed by atoms with Gasteiger partial charge in [0, 0.05) is 54.9 Å². The van der Waals surface area contributed by atoms with Crippen molar-refractivity contribution < 1.29 is 22.1 Å². The van der Waals surface area contributed by atoms with E-state index in [9.17, 15) is 8.42 Å². The zero-order valence-electron chi connectivity index (χ0n) is 24.9. The smallest absolute Gasteiger partial charge is 0.264 e. The number of ether oxygens (including phenoxy) is 2. The minimum Gasteiger partial charge on any atom is -0.497 e. The number of nitrogens with zero attached hydrogens (tertiary/aromatic N) is 5. The summed E-state index contributed by atoms with van der Waals surface area (Å²) in [6, 6.07) is 12.0. The van der Waals surface area contributed by atoms with Gasteiger partial charge in [-0.25, -0.2) is 4.98 Å². The first kappa shape index (κ1) is 31.2. The third-order valence-corrected chi connectivity index (χ3v) is 7.40. The van der Waals surface area contributed by atoms with Gasteiger partial charge in [0.15, 0.2) is 0 Å². The van der Waals surface area contributed by atoms with Gasteiger partial charge in [0.05, 0.1) is 56.2 Å². The highest BCUT2D eigenvalue weighted by molar-refractivity contribution is 7.85. The van der Waals surface area contributed by atoms with Crippen LogP contribution in [0.4, 0.5) is 11.4 Å². The summed E-state index contributed by atoms with van der Waals surface area (Å²) in [5.74, 6) is 1.59. The van der Waals surface area contributed by atoms with Gasteiger partial charge in [0.2, 0.25) is 0 Å². The molecule has 2 heterocycles. The molecule has 0 amide bonds. The lowest BCUT2D eigenvalue weighted by atomic mass is 10.1. The summed E-state index contributed by atoms with van der Waals surface area (Å²) in [6.45, 7) is 4.63. The van der Waals surface area contributed by atoms with Crippen molar-refractivity contribution in [1.82, 2.24) is 25.1 Å². The molecule has 0 saturated heterocycles. The lowest BCUT2D eigenvalue weighted by molar-refractivity contribution is 0.257. The van der Waals surface area contributed by atoms with Crippen LogP contribution in [0.1, 0.15) is 26.2 Å². The quantitative estimate of drug-likeness (QED) is 0.146. The van der Waals surface area contributed by atoms with E-state index in [1.807, 2.05) is 44.4 Å². The van der Waals surface area contributed by atoms with Gasteiger partial charge in [-0.15, -0.1) is 0 Å². The molecule has 1 N–H and O–H groups in total. The Balaban J connectivity index is 1.47. The van der Waals surface area contributed by atoms with Crippen molar-refractivity contribution >= 4 is 32.5 Å². The average molecular weight is 597 g/mol. The van der Waals surface area contributed by atoms with Gasteiger partial charge < -0.3 is 19.7 Å². The number of aromatic nitrogens is 4. The maximum absolute atomic E-state index is 11.2. The van der Waals surface area contributed by atoms with E-state index in [2.05, 4.69) is 32.4 Å². The van der Waals surface area contributed by atoms with Crippen molar-refractivity contribution in [2.45, 2.75) is 26.2 Å². The minimum atomic E-state index is -3.40. The summed E-state index contributed by atoms with van der Waals surface area (Å²) in [6.07, 6.45) is 9.26. The zero-order valence-corrected chi connectivity index (χ0v) is 25.7. The maximum Gasteiger partial charge on any atom is 0.264 e. The number of anilines is 2. The fraction of sp³-hybridized carbons (Fsp3) is 0.433. The van der Waals surface area contributed by atoms with E-state index in [0.717, 1.165) is 78.8 Å². The number of hydrogen-bond acceptors (Lipinski definition) is 10. The maximum atomic E-state index is 11.2. The molecule has 1 atom stereocenters. The van der Waals surface area contributed by atoms with Crippen LogP contribution in [-0.4, -0.2) is 74.9 Å². The first-order valence-corrected chi connectivity index (χ1v) is 15.8. The van der Waals surface area contributed by atoms with Crippen LogP contribution in [0.2, 0.25) is 0 Å². The second kappa shape index (κ2) is 14.4. The molecule has 0 aliphatic carbocycles. The van der Waals surface area contributed by atoms with Crippen molar-refractivity contribution in [1.29, 1.82) is 0 Å². The van der Waals surface area contributed by atoms with Crippen LogP contribution in [0.3, 0.4) is 0 Å². The van der Waals surface area contributed by atoms with Gasteiger partial charge in [0.25, 0.3) is 10.1 Å². The molecule has 0 aliphatic rings. The molecule has 0 spiro atoms. The van der Waals surface area contributed by atoms with Crippen LogP contribution in [0.25, 0.3) is 22.3 Å². The summed E-state index contributed by atoms with van der Waals surface area (Å²) in [5, 5.41) is 7.77. The van der Waals surface area contributed by atoms with Crippen molar-refractivity contribution in [2.75, 3.05) is 51.6 Å². The fourth-order valence-corrected chi connectivity index (χ4v) is 5.08. The molecule has 2 aromatic heterocycles. The number of methoxy groups -OCH3 is 2. The molecule has 0 fully saturated rings. The largest absolute Gasteiger partial charge is 0.497 e. The molecule has 12 heteroatoms. The van der Waals surface area contributed by atoms with E-state index in [1.165, 1.54) is 0 Å². The molecule has 4 aromatic rings. The standard InChI is InChI=1S/C30H40N6O5S/c1-22(21-41-42(5,37)38)8-6-11-31-12-7-13-36(25-14-26(39-3)17-27(15-25)40-4)24-9-10-28-29(16-24)34-30(19-32-28)23-18-33-35(2)20-23/h9-10,14-20,22,31H,6-8,11-13,21H2,1-5H3. The predicted molar refractivity (Wildman–Crippen MR) is 165 cm³/mol. The molecule has 0 radical (unpaired) electrons. The first-order chi connectivity index (χ1) is 20.1. The Hall–Kier alpha value is -3.74. The van der Waals surface area contributed by atoms with Crippen LogP contribution in [0.5, 0.6) is 11.5 Å². The Morgan fingerprint density at radius 3 is 2.38 bits per heavy atom. The fourth-order valence-electron chi connectivity index (χ4n) is 4.60. The average Bonchev–Trinajstić information content (AvgIpc) is 3.42. The Morgan fingerprint density at radius 2 is 1.71 bits per heavy atom. The summed E-state index contributed by atoms with van der Waals surface area (Å²) in [7, 11) is 1.77. The summed E-state index contributed by atoms with van der Waals surface area (Å²) in [5.41, 5.74) is 5.21. The SMILES string of the molecule is COc1cc(OC)cc(N(CCCNCCCC(C)COS(C)(=O)=O)c2ccc3ncc(-c4cnn(C)c4)nc3c2)c1. The highest BCUT2D eigenvalue weighted by Crippen LogP contribution is 2.34. The predicted octanol–water partition coefficient (Wildman–Crippen LogP) is 4.56. The van der Waals surface area contributed by atoms with Crippen LogP contribution >= 0.6 is 0 Å². The van der Waals surface area contributed by atoms with Crippen LogP contribution in [0, 0.1) is 5.92 Å². The third kappa shape index (κ3) is 8.88. The molecule has 42 heavy (non-hydrogen) atoms. The number of benzene rings is 2. The lowest BCUT2D eigenvalue weighted by Gasteiger charge is -2.26. The summed E-state index contributed by atoms with van der Waals surface area (Å²) >= 11 is 0. The lowest BCUT2D eigenvalue weighted by Crippen LogP contribution is -2.24. The highest BCUT2D eigenvalue weighted by atomic mass is 32.2. The Kier molecular flexibility index (Phi) is 10.7. The van der Waals surface area contributed by atoms with E-state index >= 15 is 0 Å². The second-order valence-corrected chi connectivity index (χ2v) is 12.0. The number of aryl methyl sites for hydroxylation is 1. The normalized spacial score (nSPS) is 12.4. The van der Waals surface area contributed by atoms with E-state index in [0.29, 0.717) is 11.5 Å². The zero-order chi connectivity index (χ0) is 30.1. The Morgan fingerprint density at radius 1 is 0.976 bits per heavy atom. The van der Waals surface area contributed by atoms with Gasteiger partial charge >= 0.3 is 0 Å². The van der Waals surface area contributed by atoms with Gasteiger partial charge in [-0.3, -0.25) is 13.8 Å². The molecule has 0 aliphatic heterocycles. The van der Waals surface area contributed by atoms with E-state index in [4.69, 9.17) is 18.6 Å². The molecule has 0 bridgehead atoms. The van der Waals surface area contributed by atoms with Gasteiger partial charge in [0.1, 0.15) is 11.5 Å². The Bertz CT molecular complexity index is 1550. The van der Waals surface area contributed by atoms with Gasteiger partial charge in [-0.2, -0.15) is 13.5 Å². The number of fused-ring (bicyclic) bond motifs is 1. The summed E-state index contributed by atoms with van der Waals surface area (Å²) < 4.78 is 40.1. The van der Waals surface area contributed by atoms with Crippen LogP contribution < -0.4 is 19.7 Å². The van der Waals surface area contributed by atoms with E-state index < -0.39 is 10.1 Å². The number of hydrogen-bond donors (Lipinski definition) is 1. The monoisotopic (exact) mass is 596 g/mol. The highest BCUT2D eigenvalue weighted by Gasteiger charge is 2.15. The molecular formula is C30H40N6O5S. The van der Waals surface area contributed by atoms with Crippen molar-refractivity contribution in [2.24, 2.45) is 13.0 Å². The van der Waals surface area contributed by atoms with Crippen molar-refractivity contribution in [3.63, 3.8) is 0 Å². The third-order valence-electron chi connectivity index (χ3n) is 6.84. The molecule has 2 aromatic carbocycles. The van der Waals surface area contributed by atoms with Gasteiger partial charge in [-0.05, 0) is 56.5 Å². The Labute approximate surface area is 248 Å². The molecular weight excluding hydrogens is 556 g/mol. The van der Waals surface area contributed by atoms with Gasteiger partial charge in [-0.1, -0.05) is 6.92 Å². The van der Waals surface area contributed by atoms with E-state index in [1.54, 1.807) is 31.3 Å². The molecule has 11 nitrogen and oxygen atoms in total. The second-order valence-electron chi connectivity index (χ2n) is 10.4. The van der Waals surface area contributed by atoms with Crippen molar-refractivity contribution in [3.8, 4) is 22.8 Å². The molecule has 4 rings (SSSR count). The molecule has 1 unspecified atom stereocenters. The molecule has 0 saturated carbocycles. The molecule has 226 valence electrons. The summed E-state index contributed by atoms with van der Waals surface area (Å²) in [4.78, 5) is 11.7. The topological polar surface area (TPSA) is 121 Å². The minimum absolute atomic E-state index is 0.176. The number of nitrogens with one attached hydrogen (secondary N) is 1.